The molecule has 0 spiro atoms. The highest BCUT2D eigenvalue weighted by molar-refractivity contribution is 7.47. The van der Waals surface area contributed by atoms with Crippen molar-refractivity contribution in [3.63, 3.8) is 0 Å². The smallest absolute Gasteiger partial charge is 0.462 e. The first-order chi connectivity index (χ1) is 44.0. The Balaban J connectivity index is 3.85. The van der Waals surface area contributed by atoms with Gasteiger partial charge in [0.05, 0.1) is 27.7 Å². The fraction of sp³-hybridized carbons (Fsp3) is 0.950. The predicted molar refractivity (Wildman–Crippen MR) is 391 cm³/mol. The van der Waals surface area contributed by atoms with Crippen molar-refractivity contribution in [3.8, 4) is 0 Å². The SMILES string of the molecule is CCCCCCCCCC/C=C\CCCCCCCCCCCCCCCCCCCCCCCCCCCCCCCC(=O)OC(COC(=O)CCCCCCCCCCCCCCCCCCCCCCCCCCC)COP(=O)(O)OCC[N+](C)(C)C. The van der Waals surface area contributed by atoms with Gasteiger partial charge in [0.25, 0.3) is 0 Å². The third kappa shape index (κ3) is 75.8. The standard InChI is InChI=1S/C80H158NO8P/c1-6-8-10-12-14-16-18-20-22-24-26-28-30-32-33-34-35-36-37-38-39-40-41-42-43-44-45-46-47-49-51-53-55-57-59-61-63-65-67-69-71-73-80(83)89-78(77-88-90(84,85)87-75-74-81(3,4)5)76-86-79(82)72-70-68-66-64-62-60-58-56-54-52-50-48-31-29-27-25-23-21-19-17-15-13-11-9-7-2/h24,26,78H,6-23,25,27-77H2,1-5H3/p+1/b26-24-. The van der Waals surface area contributed by atoms with E-state index in [1.807, 2.05) is 21.1 Å². The van der Waals surface area contributed by atoms with Crippen LogP contribution in [0.4, 0.5) is 0 Å². The van der Waals surface area contributed by atoms with Gasteiger partial charge in [0.15, 0.2) is 6.10 Å². The molecule has 0 saturated carbocycles. The van der Waals surface area contributed by atoms with Gasteiger partial charge in [-0.15, -0.1) is 0 Å². The molecule has 0 aliphatic carbocycles. The number of quaternary nitrogens is 1. The number of unbranched alkanes of at least 4 members (excludes halogenated alkanes) is 61. The van der Waals surface area contributed by atoms with Crippen molar-refractivity contribution >= 4 is 19.8 Å². The lowest BCUT2D eigenvalue weighted by molar-refractivity contribution is -0.870. The van der Waals surface area contributed by atoms with Gasteiger partial charge in [-0.2, -0.15) is 0 Å². The Labute approximate surface area is 562 Å². The largest absolute Gasteiger partial charge is 0.472 e. The summed E-state index contributed by atoms with van der Waals surface area (Å²) in [5, 5.41) is 0. The average Bonchev–Trinajstić information content (AvgIpc) is 3.62. The van der Waals surface area contributed by atoms with Gasteiger partial charge in [-0.25, -0.2) is 4.57 Å². The van der Waals surface area contributed by atoms with Crippen molar-refractivity contribution < 1.29 is 42.1 Å². The van der Waals surface area contributed by atoms with E-state index in [2.05, 4.69) is 26.0 Å². The van der Waals surface area contributed by atoms with Crippen molar-refractivity contribution in [2.45, 2.75) is 444 Å². The first kappa shape index (κ1) is 88.8. The molecule has 0 aromatic heterocycles. The number of carbonyl (C=O) groups excluding carboxylic acids is 2. The summed E-state index contributed by atoms with van der Waals surface area (Å²) in [6.07, 6.45) is 90.9. The van der Waals surface area contributed by atoms with Crippen LogP contribution in [0, 0.1) is 0 Å². The third-order valence-electron chi connectivity index (χ3n) is 18.8. The molecule has 0 amide bonds. The molecule has 0 heterocycles. The zero-order chi connectivity index (χ0) is 65.5. The Morgan fingerprint density at radius 3 is 0.822 bits per heavy atom. The van der Waals surface area contributed by atoms with Gasteiger partial charge in [-0.1, -0.05) is 398 Å². The number of phosphoric ester groups is 1. The molecule has 0 rings (SSSR count). The summed E-state index contributed by atoms with van der Waals surface area (Å²) in [6, 6.07) is 0. The summed E-state index contributed by atoms with van der Waals surface area (Å²) in [5.41, 5.74) is 0. The zero-order valence-corrected chi connectivity index (χ0v) is 62.3. The Morgan fingerprint density at radius 2 is 0.567 bits per heavy atom. The van der Waals surface area contributed by atoms with Crippen molar-refractivity contribution in [2.75, 3.05) is 47.5 Å². The number of hydrogen-bond acceptors (Lipinski definition) is 7. The summed E-state index contributed by atoms with van der Waals surface area (Å²) in [4.78, 5) is 35.9. The number of allylic oxidation sites excluding steroid dienone is 2. The lowest BCUT2D eigenvalue weighted by Crippen LogP contribution is -2.37. The van der Waals surface area contributed by atoms with Crippen LogP contribution < -0.4 is 0 Å². The summed E-state index contributed by atoms with van der Waals surface area (Å²) in [5.74, 6) is -0.766. The second-order valence-corrected chi connectivity index (χ2v) is 30.6. The van der Waals surface area contributed by atoms with E-state index in [0.29, 0.717) is 17.4 Å². The molecule has 0 radical (unpaired) electrons. The van der Waals surface area contributed by atoms with Crippen LogP contribution in [-0.4, -0.2) is 74.9 Å². The van der Waals surface area contributed by atoms with Crippen molar-refractivity contribution in [2.24, 2.45) is 0 Å². The van der Waals surface area contributed by atoms with Gasteiger partial charge in [0.1, 0.15) is 19.8 Å². The summed E-state index contributed by atoms with van der Waals surface area (Å²) in [6.45, 7) is 4.53. The van der Waals surface area contributed by atoms with Crippen LogP contribution in [0.3, 0.4) is 0 Å². The van der Waals surface area contributed by atoms with E-state index in [4.69, 9.17) is 18.5 Å². The Hall–Kier alpha value is -1.25. The van der Waals surface area contributed by atoms with Crippen LogP contribution in [-0.2, 0) is 32.7 Å². The number of nitrogens with zero attached hydrogens (tertiary/aromatic N) is 1. The predicted octanol–water partition coefficient (Wildman–Crippen LogP) is 26.6. The van der Waals surface area contributed by atoms with Crippen LogP contribution in [0.5, 0.6) is 0 Å². The van der Waals surface area contributed by atoms with Gasteiger partial charge in [-0.3, -0.25) is 18.6 Å². The molecule has 2 unspecified atom stereocenters. The average molecular weight is 1290 g/mol. The summed E-state index contributed by atoms with van der Waals surface area (Å²) in [7, 11) is 1.51. The van der Waals surface area contributed by atoms with Gasteiger partial charge in [0, 0.05) is 12.8 Å². The molecule has 0 bridgehead atoms. The van der Waals surface area contributed by atoms with E-state index in [-0.39, 0.29) is 25.6 Å². The van der Waals surface area contributed by atoms with E-state index in [0.717, 1.165) is 38.5 Å². The molecule has 0 saturated heterocycles. The highest BCUT2D eigenvalue weighted by atomic mass is 31.2. The van der Waals surface area contributed by atoms with Crippen LogP contribution in [0.2, 0.25) is 0 Å². The number of esters is 2. The molecule has 0 fully saturated rings. The van der Waals surface area contributed by atoms with Crippen LogP contribution in [0.25, 0.3) is 0 Å². The maximum Gasteiger partial charge on any atom is 0.472 e. The Bertz CT molecular complexity index is 1520. The number of likely N-dealkylation sites (N-methyl/N-ethyl adjacent to an activating group) is 1. The Morgan fingerprint density at radius 1 is 0.333 bits per heavy atom. The maximum absolute atomic E-state index is 12.9. The molecule has 536 valence electrons. The van der Waals surface area contributed by atoms with Crippen molar-refractivity contribution in [1.29, 1.82) is 0 Å². The minimum absolute atomic E-state index is 0.0372. The van der Waals surface area contributed by atoms with Crippen LogP contribution >= 0.6 is 7.82 Å². The zero-order valence-electron chi connectivity index (χ0n) is 61.4. The number of phosphoric acid groups is 1. The minimum atomic E-state index is -4.39. The van der Waals surface area contributed by atoms with Gasteiger partial charge < -0.3 is 18.9 Å². The summed E-state index contributed by atoms with van der Waals surface area (Å²) >= 11 is 0. The topological polar surface area (TPSA) is 108 Å². The quantitative estimate of drug-likeness (QED) is 0.0211. The highest BCUT2D eigenvalue weighted by Crippen LogP contribution is 2.43. The van der Waals surface area contributed by atoms with Crippen LogP contribution in [0.15, 0.2) is 12.2 Å². The van der Waals surface area contributed by atoms with Crippen LogP contribution in [0.1, 0.15) is 438 Å². The lowest BCUT2D eigenvalue weighted by Gasteiger charge is -2.24. The second-order valence-electron chi connectivity index (χ2n) is 29.2. The molecular formula is C80H159NO8P+. The van der Waals surface area contributed by atoms with Gasteiger partial charge in [0.2, 0.25) is 0 Å². The molecule has 90 heavy (non-hydrogen) atoms. The van der Waals surface area contributed by atoms with E-state index < -0.39 is 26.5 Å². The van der Waals surface area contributed by atoms with E-state index in [1.54, 1.807) is 0 Å². The minimum Gasteiger partial charge on any atom is -0.462 e. The molecule has 10 heteroatoms. The van der Waals surface area contributed by atoms with E-state index >= 15 is 0 Å². The summed E-state index contributed by atoms with van der Waals surface area (Å²) < 4.78 is 34.8. The second kappa shape index (κ2) is 72.0. The molecule has 0 aromatic rings. The highest BCUT2D eigenvalue weighted by Gasteiger charge is 2.27. The third-order valence-corrected chi connectivity index (χ3v) is 19.8. The van der Waals surface area contributed by atoms with E-state index in [9.17, 15) is 19.0 Å². The molecule has 0 aliphatic heterocycles. The normalized spacial score (nSPS) is 13.0. The van der Waals surface area contributed by atoms with Crippen molar-refractivity contribution in [1.82, 2.24) is 0 Å². The molecule has 0 aliphatic rings. The fourth-order valence-electron chi connectivity index (χ4n) is 12.6. The maximum atomic E-state index is 12.9. The molecule has 2 atom stereocenters. The van der Waals surface area contributed by atoms with Gasteiger partial charge >= 0.3 is 19.8 Å². The number of carbonyl (C=O) groups is 2. The first-order valence-electron chi connectivity index (χ1n) is 40.4. The van der Waals surface area contributed by atoms with Gasteiger partial charge in [-0.05, 0) is 38.5 Å². The molecule has 1 N–H and O–H groups in total. The molecule has 0 aromatic carbocycles. The lowest BCUT2D eigenvalue weighted by atomic mass is 10.0. The van der Waals surface area contributed by atoms with E-state index in [1.165, 1.54) is 372 Å². The molecular weight excluding hydrogens is 1130 g/mol. The fourth-order valence-corrected chi connectivity index (χ4v) is 13.3. The molecule has 9 nitrogen and oxygen atoms in total. The first-order valence-corrected chi connectivity index (χ1v) is 41.9. The Kier molecular flexibility index (Phi) is 71.0. The number of hydrogen-bond donors (Lipinski definition) is 1. The number of ether oxygens (including phenoxy) is 2. The number of rotatable bonds is 77. The monoisotopic (exact) mass is 1290 g/mol. The van der Waals surface area contributed by atoms with Crippen molar-refractivity contribution in [3.05, 3.63) is 12.2 Å².